The maximum atomic E-state index is 5.36. The lowest BCUT2D eigenvalue weighted by atomic mass is 9.91. The number of allylic oxidation sites excluding steroid dienone is 2. The van der Waals surface area contributed by atoms with Crippen molar-refractivity contribution in [3.63, 3.8) is 0 Å². The van der Waals surface area contributed by atoms with Gasteiger partial charge in [-0.15, -0.1) is 0 Å². The van der Waals surface area contributed by atoms with E-state index in [4.69, 9.17) is 4.98 Å². The summed E-state index contributed by atoms with van der Waals surface area (Å²) < 4.78 is 2.38. The van der Waals surface area contributed by atoms with Crippen molar-refractivity contribution >= 4 is 33.2 Å². The Kier molecular flexibility index (Phi) is 5.63. The first-order valence-corrected chi connectivity index (χ1v) is 15.2. The van der Waals surface area contributed by atoms with E-state index in [1.54, 1.807) is 0 Å². The van der Waals surface area contributed by atoms with Crippen LogP contribution in [-0.4, -0.2) is 15.6 Å². The third-order valence-electron chi connectivity index (χ3n) is 9.15. The first kappa shape index (κ1) is 24.9. The second-order valence-electron chi connectivity index (χ2n) is 11.5. The molecule has 0 amide bonds. The van der Waals surface area contributed by atoms with Gasteiger partial charge in [-0.3, -0.25) is 0 Å². The Balaban J connectivity index is 1.21. The van der Waals surface area contributed by atoms with Crippen LogP contribution >= 0.6 is 0 Å². The quantitative estimate of drug-likeness (QED) is 0.212. The molecular formula is C41H29N3. The molecule has 9 rings (SSSR count). The lowest BCUT2D eigenvalue weighted by Crippen LogP contribution is -2.28. The number of aromatic nitrogens is 2. The van der Waals surface area contributed by atoms with Gasteiger partial charge >= 0.3 is 0 Å². The monoisotopic (exact) mass is 563 g/mol. The van der Waals surface area contributed by atoms with Crippen LogP contribution in [0.15, 0.2) is 164 Å². The van der Waals surface area contributed by atoms with E-state index >= 15 is 0 Å². The van der Waals surface area contributed by atoms with Crippen molar-refractivity contribution in [2.45, 2.75) is 12.0 Å². The molecule has 2 aliphatic rings. The molecule has 44 heavy (non-hydrogen) atoms. The van der Waals surface area contributed by atoms with Crippen molar-refractivity contribution < 1.29 is 0 Å². The van der Waals surface area contributed by atoms with E-state index in [2.05, 4.69) is 173 Å². The lowest BCUT2D eigenvalue weighted by Gasteiger charge is -2.30. The van der Waals surface area contributed by atoms with Crippen LogP contribution in [0.5, 0.6) is 0 Å². The van der Waals surface area contributed by atoms with Crippen LogP contribution < -0.4 is 4.90 Å². The first-order valence-electron chi connectivity index (χ1n) is 15.2. The standard InChI is InChI=1S/C41H29N3/c1-7-22-36-28(14-1)29-15-2-8-23-37(29)43(36)40-26-11-5-18-32(40)34-20-13-21-35(42-34)33-19-6-12-27-41(33)44-38-24-9-3-16-30(38)31-17-4-10-25-39(31)44/h1-28,36H. The summed E-state index contributed by atoms with van der Waals surface area (Å²) in [5.74, 6) is 0.335. The van der Waals surface area contributed by atoms with Gasteiger partial charge in [0.15, 0.2) is 0 Å². The van der Waals surface area contributed by atoms with E-state index in [-0.39, 0.29) is 6.04 Å². The Morgan fingerprint density at radius 3 is 1.73 bits per heavy atom. The predicted octanol–water partition coefficient (Wildman–Crippen LogP) is 10.2. The van der Waals surface area contributed by atoms with Crippen LogP contribution in [0.4, 0.5) is 11.4 Å². The molecule has 0 spiro atoms. The van der Waals surface area contributed by atoms with Crippen molar-refractivity contribution in [2.75, 3.05) is 4.90 Å². The summed E-state index contributed by atoms with van der Waals surface area (Å²) in [6, 6.07) is 50.1. The molecule has 0 bridgehead atoms. The SMILES string of the molecule is C1=CC2c3ccccc3N(c3ccccc3-c3cccc(-c4ccccc4-n4c5ccccc5c5ccccc54)n3)C2C=C1. The molecule has 5 aromatic carbocycles. The largest absolute Gasteiger partial charge is 0.333 e. The summed E-state index contributed by atoms with van der Waals surface area (Å²) in [4.78, 5) is 7.86. The highest BCUT2D eigenvalue weighted by Gasteiger charge is 2.37. The van der Waals surface area contributed by atoms with Gasteiger partial charge < -0.3 is 9.47 Å². The van der Waals surface area contributed by atoms with Crippen LogP contribution in [-0.2, 0) is 0 Å². The molecule has 0 fully saturated rings. The van der Waals surface area contributed by atoms with Gasteiger partial charge in [0.2, 0.25) is 0 Å². The fourth-order valence-corrected chi connectivity index (χ4v) is 7.27. The highest BCUT2D eigenvalue weighted by Crippen LogP contribution is 2.49. The predicted molar refractivity (Wildman–Crippen MR) is 183 cm³/mol. The second-order valence-corrected chi connectivity index (χ2v) is 11.5. The molecule has 7 aromatic rings. The number of benzene rings is 5. The summed E-state index contributed by atoms with van der Waals surface area (Å²) in [7, 11) is 0. The summed E-state index contributed by atoms with van der Waals surface area (Å²) in [5, 5.41) is 2.51. The van der Waals surface area contributed by atoms with E-state index in [1.807, 2.05) is 0 Å². The minimum atomic E-state index is 0.234. The molecular weight excluding hydrogens is 534 g/mol. The molecule has 2 unspecified atom stereocenters. The van der Waals surface area contributed by atoms with Crippen molar-refractivity contribution in [2.24, 2.45) is 0 Å². The molecule has 208 valence electrons. The van der Waals surface area contributed by atoms with Crippen molar-refractivity contribution in [1.29, 1.82) is 0 Å². The average molecular weight is 564 g/mol. The van der Waals surface area contributed by atoms with Crippen molar-refractivity contribution in [1.82, 2.24) is 9.55 Å². The Labute approximate surface area is 256 Å². The minimum Gasteiger partial charge on any atom is -0.333 e. The summed E-state index contributed by atoms with van der Waals surface area (Å²) in [5.41, 5.74) is 11.5. The molecule has 0 radical (unpaired) electrons. The zero-order valence-corrected chi connectivity index (χ0v) is 24.1. The molecule has 0 saturated heterocycles. The zero-order valence-electron chi connectivity index (χ0n) is 24.1. The minimum absolute atomic E-state index is 0.234. The van der Waals surface area contributed by atoms with Crippen molar-refractivity contribution in [3.05, 3.63) is 169 Å². The molecule has 2 aromatic heterocycles. The van der Waals surface area contributed by atoms with Gasteiger partial charge in [-0.1, -0.05) is 121 Å². The molecule has 1 aliphatic heterocycles. The molecule has 3 heterocycles. The van der Waals surface area contributed by atoms with E-state index in [0.717, 1.165) is 28.2 Å². The van der Waals surface area contributed by atoms with Gasteiger partial charge in [-0.25, -0.2) is 4.98 Å². The highest BCUT2D eigenvalue weighted by molar-refractivity contribution is 6.09. The molecule has 0 saturated carbocycles. The fourth-order valence-electron chi connectivity index (χ4n) is 7.27. The number of rotatable bonds is 4. The third-order valence-corrected chi connectivity index (χ3v) is 9.15. The number of hydrogen-bond donors (Lipinski definition) is 0. The van der Waals surface area contributed by atoms with E-state index in [1.165, 1.54) is 38.7 Å². The molecule has 1 aliphatic carbocycles. The summed E-state index contributed by atoms with van der Waals surface area (Å²) in [6.45, 7) is 0. The number of pyridine rings is 1. The Morgan fingerprint density at radius 2 is 1.00 bits per heavy atom. The average Bonchev–Trinajstić information content (AvgIpc) is 3.61. The van der Waals surface area contributed by atoms with E-state index in [0.29, 0.717) is 5.92 Å². The van der Waals surface area contributed by atoms with E-state index < -0.39 is 0 Å². The van der Waals surface area contributed by atoms with Crippen molar-refractivity contribution in [3.8, 4) is 28.2 Å². The molecule has 3 heteroatoms. The highest BCUT2D eigenvalue weighted by atomic mass is 15.2. The van der Waals surface area contributed by atoms with Gasteiger partial charge in [-0.05, 0) is 48.0 Å². The van der Waals surface area contributed by atoms with Gasteiger partial charge in [0, 0.05) is 33.5 Å². The Morgan fingerprint density at radius 1 is 0.455 bits per heavy atom. The number of hydrogen-bond acceptors (Lipinski definition) is 2. The van der Waals surface area contributed by atoms with Gasteiger partial charge in [0.05, 0.1) is 39.8 Å². The number of para-hydroxylation sites is 5. The lowest BCUT2D eigenvalue weighted by molar-refractivity contribution is 0.745. The summed E-state index contributed by atoms with van der Waals surface area (Å²) >= 11 is 0. The van der Waals surface area contributed by atoms with Crippen LogP contribution in [0.1, 0.15) is 11.5 Å². The normalized spacial score (nSPS) is 16.9. The van der Waals surface area contributed by atoms with Gasteiger partial charge in [0.25, 0.3) is 0 Å². The maximum Gasteiger partial charge on any atom is 0.0730 e. The third kappa shape index (κ3) is 3.73. The molecule has 2 atom stereocenters. The Hall–Kier alpha value is -5.67. The smallest absolute Gasteiger partial charge is 0.0730 e. The Bertz CT molecular complexity index is 2220. The topological polar surface area (TPSA) is 21.1 Å². The van der Waals surface area contributed by atoms with Gasteiger partial charge in [0.1, 0.15) is 0 Å². The number of nitrogens with zero attached hydrogens (tertiary/aromatic N) is 3. The first-order chi connectivity index (χ1) is 21.9. The summed E-state index contributed by atoms with van der Waals surface area (Å²) in [6.07, 6.45) is 9.00. The molecule has 0 N–H and O–H groups in total. The van der Waals surface area contributed by atoms with E-state index in [9.17, 15) is 0 Å². The van der Waals surface area contributed by atoms with Crippen LogP contribution in [0.25, 0.3) is 50.0 Å². The maximum absolute atomic E-state index is 5.36. The van der Waals surface area contributed by atoms with Crippen LogP contribution in [0, 0.1) is 0 Å². The van der Waals surface area contributed by atoms with Crippen LogP contribution in [0.3, 0.4) is 0 Å². The second kappa shape index (κ2) is 9.96. The number of anilines is 2. The zero-order chi connectivity index (χ0) is 29.0. The van der Waals surface area contributed by atoms with Gasteiger partial charge in [-0.2, -0.15) is 0 Å². The van der Waals surface area contributed by atoms with Crippen LogP contribution in [0.2, 0.25) is 0 Å². The number of fused-ring (bicyclic) bond motifs is 6. The molecule has 3 nitrogen and oxygen atoms in total. The fraction of sp³-hybridized carbons (Fsp3) is 0.0488.